The second kappa shape index (κ2) is 7.37. The minimum absolute atomic E-state index is 0.125. The predicted octanol–water partition coefficient (Wildman–Crippen LogP) is 4.03. The molecule has 0 aliphatic carbocycles. The van der Waals surface area contributed by atoms with Crippen molar-refractivity contribution in [3.8, 4) is 0 Å². The first-order valence-electron chi connectivity index (χ1n) is 8.71. The van der Waals surface area contributed by atoms with Gasteiger partial charge in [0.1, 0.15) is 11.9 Å². The average Bonchev–Trinajstić information content (AvgIpc) is 2.89. The molecule has 1 heterocycles. The Kier molecular flexibility index (Phi) is 5.68. The molecule has 0 aromatic heterocycles. The number of benzene rings is 1. The van der Waals surface area contributed by atoms with Crippen LogP contribution in [0.3, 0.4) is 0 Å². The van der Waals surface area contributed by atoms with Crippen LogP contribution in [0.15, 0.2) is 24.3 Å². The fraction of sp³-hybridized carbons (Fsp3) is 0.600. The van der Waals surface area contributed by atoms with E-state index >= 15 is 0 Å². The molecule has 24 heavy (non-hydrogen) atoms. The molecule has 1 aromatic carbocycles. The van der Waals surface area contributed by atoms with Crippen LogP contribution >= 0.6 is 0 Å². The topological polar surface area (TPSA) is 46.6 Å². The summed E-state index contributed by atoms with van der Waals surface area (Å²) in [7, 11) is 0. The summed E-state index contributed by atoms with van der Waals surface area (Å²) in [5.41, 5.74) is 2.01. The Morgan fingerprint density at radius 3 is 2.62 bits per heavy atom. The van der Waals surface area contributed by atoms with Gasteiger partial charge in [-0.15, -0.1) is 0 Å². The summed E-state index contributed by atoms with van der Waals surface area (Å²) >= 11 is 0. The zero-order valence-corrected chi connectivity index (χ0v) is 15.4. The first-order chi connectivity index (χ1) is 11.2. The van der Waals surface area contributed by atoms with Gasteiger partial charge in [-0.3, -0.25) is 0 Å². The zero-order chi connectivity index (χ0) is 17.9. The van der Waals surface area contributed by atoms with E-state index in [0.29, 0.717) is 19.0 Å². The van der Waals surface area contributed by atoms with E-state index < -0.39 is 5.60 Å². The average molecular weight is 331 g/mol. The summed E-state index contributed by atoms with van der Waals surface area (Å²) < 4.78 is 5.43. The van der Waals surface area contributed by atoms with Crippen molar-refractivity contribution in [3.05, 3.63) is 35.4 Å². The fourth-order valence-corrected chi connectivity index (χ4v) is 3.12. The van der Waals surface area contributed by atoms with Crippen molar-refractivity contribution >= 4 is 12.4 Å². The lowest BCUT2D eigenvalue weighted by atomic mass is 9.89. The number of hydrogen-bond donors (Lipinski definition) is 0. The molecule has 4 heteroatoms. The first kappa shape index (κ1) is 18.5. The van der Waals surface area contributed by atoms with Crippen LogP contribution in [0, 0.1) is 11.8 Å². The van der Waals surface area contributed by atoms with Crippen LogP contribution in [0.4, 0.5) is 4.79 Å². The molecule has 1 saturated heterocycles. The van der Waals surface area contributed by atoms with Crippen LogP contribution in [-0.4, -0.2) is 36.0 Å². The van der Waals surface area contributed by atoms with Crippen molar-refractivity contribution < 1.29 is 14.3 Å². The predicted molar refractivity (Wildman–Crippen MR) is 95.1 cm³/mol. The third-order valence-corrected chi connectivity index (χ3v) is 4.43. The molecule has 0 bridgehead atoms. The molecule has 4 nitrogen and oxygen atoms in total. The largest absolute Gasteiger partial charge is 0.444 e. The summed E-state index contributed by atoms with van der Waals surface area (Å²) in [4.78, 5) is 25.4. The number of nitrogens with zero attached hydrogens (tertiary/aromatic N) is 1. The first-order valence-corrected chi connectivity index (χ1v) is 8.71. The summed E-state index contributed by atoms with van der Waals surface area (Å²) in [6.45, 7) is 10.9. The number of ether oxygens (including phenoxy) is 1. The molecular formula is C20H29NO3. The molecule has 0 radical (unpaired) electrons. The Morgan fingerprint density at radius 2 is 2.04 bits per heavy atom. The van der Waals surface area contributed by atoms with Gasteiger partial charge in [-0.05, 0) is 50.2 Å². The SMILES string of the molecule is CC(C)c1cccc(C[C@H]2CN(C(=O)OC(C)(C)C)C[C@@H]2C=O)c1. The van der Waals surface area contributed by atoms with Gasteiger partial charge in [0.05, 0.1) is 0 Å². The Balaban J connectivity index is 2.06. The van der Waals surface area contributed by atoms with Gasteiger partial charge >= 0.3 is 6.09 Å². The second-order valence-corrected chi connectivity index (χ2v) is 8.05. The van der Waals surface area contributed by atoms with Crippen LogP contribution < -0.4 is 0 Å². The lowest BCUT2D eigenvalue weighted by Gasteiger charge is -2.24. The van der Waals surface area contributed by atoms with Gasteiger partial charge in [-0.1, -0.05) is 38.1 Å². The van der Waals surface area contributed by atoms with E-state index in [1.807, 2.05) is 20.8 Å². The van der Waals surface area contributed by atoms with Gasteiger partial charge in [-0.25, -0.2) is 4.79 Å². The number of amides is 1. The highest BCUT2D eigenvalue weighted by Gasteiger charge is 2.36. The standard InChI is InChI=1S/C20H29NO3/c1-14(2)16-8-6-7-15(9-16)10-17-11-21(12-18(17)13-22)19(23)24-20(3,4)5/h6-9,13-14,17-18H,10-12H2,1-5H3/t17-,18+/m0/s1. The minimum Gasteiger partial charge on any atom is -0.444 e. The van der Waals surface area contributed by atoms with Gasteiger partial charge in [0.15, 0.2) is 0 Å². The molecule has 1 aromatic rings. The molecule has 1 aliphatic heterocycles. The normalized spacial score (nSPS) is 21.2. The lowest BCUT2D eigenvalue weighted by molar-refractivity contribution is -0.111. The third-order valence-electron chi connectivity index (χ3n) is 4.43. The quantitative estimate of drug-likeness (QED) is 0.782. The molecular weight excluding hydrogens is 302 g/mol. The smallest absolute Gasteiger partial charge is 0.410 e. The maximum Gasteiger partial charge on any atom is 0.410 e. The van der Waals surface area contributed by atoms with Gasteiger partial charge in [0.2, 0.25) is 0 Å². The number of likely N-dealkylation sites (tertiary alicyclic amines) is 1. The van der Waals surface area contributed by atoms with E-state index in [2.05, 4.69) is 38.1 Å². The van der Waals surface area contributed by atoms with Crippen LogP contribution in [0.25, 0.3) is 0 Å². The van der Waals surface area contributed by atoms with Crippen molar-refractivity contribution in [2.24, 2.45) is 11.8 Å². The number of carbonyl (C=O) groups excluding carboxylic acids is 2. The van der Waals surface area contributed by atoms with Gasteiger partial charge in [-0.2, -0.15) is 0 Å². The van der Waals surface area contributed by atoms with Crippen LogP contribution in [0.2, 0.25) is 0 Å². The molecule has 1 amide bonds. The zero-order valence-electron chi connectivity index (χ0n) is 15.4. The van der Waals surface area contributed by atoms with Gasteiger partial charge in [0.25, 0.3) is 0 Å². The Hall–Kier alpha value is -1.84. The maximum absolute atomic E-state index is 12.3. The monoisotopic (exact) mass is 331 g/mol. The minimum atomic E-state index is -0.516. The highest BCUT2D eigenvalue weighted by Crippen LogP contribution is 2.28. The van der Waals surface area contributed by atoms with E-state index in [-0.39, 0.29) is 17.9 Å². The van der Waals surface area contributed by atoms with Crippen LogP contribution in [0.1, 0.15) is 51.7 Å². The molecule has 132 valence electrons. The van der Waals surface area contributed by atoms with Gasteiger partial charge < -0.3 is 14.4 Å². The number of rotatable bonds is 4. The molecule has 2 rings (SSSR count). The molecule has 0 saturated carbocycles. The van der Waals surface area contributed by atoms with E-state index in [4.69, 9.17) is 4.74 Å². The summed E-state index contributed by atoms with van der Waals surface area (Å²) in [6, 6.07) is 8.51. The number of carbonyl (C=O) groups is 2. The van der Waals surface area contributed by atoms with Gasteiger partial charge in [0, 0.05) is 19.0 Å². The summed E-state index contributed by atoms with van der Waals surface area (Å²) in [5, 5.41) is 0. The van der Waals surface area contributed by atoms with E-state index in [1.54, 1.807) is 4.90 Å². The number of hydrogen-bond acceptors (Lipinski definition) is 3. The second-order valence-electron chi connectivity index (χ2n) is 8.05. The van der Waals surface area contributed by atoms with E-state index in [0.717, 1.165) is 12.7 Å². The maximum atomic E-state index is 12.3. The molecule has 0 spiro atoms. The van der Waals surface area contributed by atoms with E-state index in [1.165, 1.54) is 11.1 Å². The highest BCUT2D eigenvalue weighted by atomic mass is 16.6. The number of aldehydes is 1. The van der Waals surface area contributed by atoms with Crippen molar-refractivity contribution in [1.82, 2.24) is 4.90 Å². The van der Waals surface area contributed by atoms with Crippen LogP contribution in [0.5, 0.6) is 0 Å². The molecule has 1 fully saturated rings. The molecule has 2 atom stereocenters. The van der Waals surface area contributed by atoms with E-state index in [9.17, 15) is 9.59 Å². The molecule has 0 N–H and O–H groups in total. The highest BCUT2D eigenvalue weighted by molar-refractivity contribution is 5.70. The summed E-state index contributed by atoms with van der Waals surface area (Å²) in [5.74, 6) is 0.506. The van der Waals surface area contributed by atoms with Crippen molar-refractivity contribution in [1.29, 1.82) is 0 Å². The fourth-order valence-electron chi connectivity index (χ4n) is 3.12. The summed E-state index contributed by atoms with van der Waals surface area (Å²) in [6.07, 6.45) is 1.47. The Bertz CT molecular complexity index is 589. The lowest BCUT2D eigenvalue weighted by Crippen LogP contribution is -2.35. The van der Waals surface area contributed by atoms with Crippen LogP contribution in [-0.2, 0) is 16.0 Å². The Morgan fingerprint density at radius 1 is 1.33 bits per heavy atom. The van der Waals surface area contributed by atoms with Crippen molar-refractivity contribution in [2.45, 2.75) is 52.6 Å². The Labute approximate surface area is 145 Å². The molecule has 0 unspecified atom stereocenters. The third kappa shape index (κ3) is 4.83. The molecule has 1 aliphatic rings. The van der Waals surface area contributed by atoms with Crippen molar-refractivity contribution in [3.63, 3.8) is 0 Å². The van der Waals surface area contributed by atoms with Crippen molar-refractivity contribution in [2.75, 3.05) is 13.1 Å².